The second-order valence-corrected chi connectivity index (χ2v) is 5.04. The highest BCUT2D eigenvalue weighted by Gasteiger charge is 2.31. The highest BCUT2D eigenvalue weighted by atomic mass is 19.4. The summed E-state index contributed by atoms with van der Waals surface area (Å²) in [5.41, 5.74) is 6.21. The molecule has 0 radical (unpaired) electrons. The number of hydrogen-bond donors (Lipinski definition) is 1. The molecule has 7 heteroatoms. The van der Waals surface area contributed by atoms with Crippen molar-refractivity contribution in [3.63, 3.8) is 0 Å². The van der Waals surface area contributed by atoms with E-state index in [4.69, 9.17) is 5.73 Å². The van der Waals surface area contributed by atoms with Crippen LogP contribution < -0.4 is 10.5 Å². The lowest BCUT2D eigenvalue weighted by atomic mass is 10.0. The van der Waals surface area contributed by atoms with E-state index in [1.165, 1.54) is 23.1 Å². The van der Waals surface area contributed by atoms with Crippen LogP contribution in [0.2, 0.25) is 0 Å². The summed E-state index contributed by atoms with van der Waals surface area (Å²) in [7, 11) is 1.58. The fourth-order valence-corrected chi connectivity index (χ4v) is 1.77. The molecule has 1 amide bonds. The van der Waals surface area contributed by atoms with E-state index in [9.17, 15) is 18.0 Å². The molecule has 2 N–H and O–H groups in total. The lowest BCUT2D eigenvalue weighted by Gasteiger charge is -2.23. The summed E-state index contributed by atoms with van der Waals surface area (Å²) < 4.78 is 40.3. The Bertz CT molecular complexity index is 489. The van der Waals surface area contributed by atoms with Gasteiger partial charge >= 0.3 is 6.36 Å². The third-order valence-corrected chi connectivity index (χ3v) is 3.11. The Morgan fingerprint density at radius 1 is 1.38 bits per heavy atom. The van der Waals surface area contributed by atoms with Crippen LogP contribution in [-0.2, 0) is 11.3 Å². The molecule has 1 rings (SSSR count). The second kappa shape index (κ2) is 6.80. The summed E-state index contributed by atoms with van der Waals surface area (Å²) >= 11 is 0. The van der Waals surface area contributed by atoms with Gasteiger partial charge in [0.25, 0.3) is 0 Å². The number of carbonyl (C=O) groups is 1. The normalized spacial score (nSPS) is 14.4. The van der Waals surface area contributed by atoms with Crippen molar-refractivity contribution in [1.29, 1.82) is 0 Å². The van der Waals surface area contributed by atoms with Crippen LogP contribution in [0.25, 0.3) is 0 Å². The van der Waals surface area contributed by atoms with Gasteiger partial charge in [-0.2, -0.15) is 0 Å². The fraction of sp³-hybridized carbons (Fsp3) is 0.500. The fourth-order valence-electron chi connectivity index (χ4n) is 1.77. The van der Waals surface area contributed by atoms with Crippen LogP contribution in [0.5, 0.6) is 5.75 Å². The number of amides is 1. The summed E-state index contributed by atoms with van der Waals surface area (Å²) in [5.74, 6) is -0.821. The highest BCUT2D eigenvalue weighted by Crippen LogP contribution is 2.23. The lowest BCUT2D eigenvalue weighted by Crippen LogP contribution is -2.39. The number of nitrogens with zero attached hydrogens (tertiary/aromatic N) is 1. The first kappa shape index (κ1) is 17.3. The smallest absolute Gasteiger partial charge is 0.406 e. The number of hydrogen-bond acceptors (Lipinski definition) is 3. The van der Waals surface area contributed by atoms with Crippen molar-refractivity contribution < 1.29 is 22.7 Å². The number of rotatable bonds is 5. The number of carbonyl (C=O) groups excluding carboxylic acids is 1. The Labute approximate surface area is 121 Å². The summed E-state index contributed by atoms with van der Waals surface area (Å²) in [5, 5.41) is 0. The van der Waals surface area contributed by atoms with Gasteiger partial charge < -0.3 is 15.4 Å². The molecule has 1 aromatic rings. The zero-order chi connectivity index (χ0) is 16.2. The molecule has 4 nitrogen and oxygen atoms in total. The van der Waals surface area contributed by atoms with Gasteiger partial charge in [-0.1, -0.05) is 19.1 Å². The second-order valence-electron chi connectivity index (χ2n) is 5.04. The predicted molar refractivity (Wildman–Crippen MR) is 72.4 cm³/mol. The first-order valence-electron chi connectivity index (χ1n) is 6.45. The van der Waals surface area contributed by atoms with Crippen molar-refractivity contribution in [2.45, 2.75) is 32.8 Å². The molecule has 1 aromatic carbocycles. The van der Waals surface area contributed by atoms with E-state index in [0.717, 1.165) is 0 Å². The molecular weight excluding hydrogens is 285 g/mol. The van der Waals surface area contributed by atoms with Crippen LogP contribution in [0.3, 0.4) is 0 Å². The van der Waals surface area contributed by atoms with Crippen LogP contribution in [0.4, 0.5) is 13.2 Å². The molecule has 0 saturated heterocycles. The minimum atomic E-state index is -4.73. The topological polar surface area (TPSA) is 55.6 Å². The molecule has 0 saturated carbocycles. The summed E-state index contributed by atoms with van der Waals surface area (Å²) in [4.78, 5) is 13.5. The molecule has 0 bridgehead atoms. The van der Waals surface area contributed by atoms with Crippen LogP contribution in [-0.4, -0.2) is 30.3 Å². The molecule has 118 valence electrons. The Balaban J connectivity index is 2.75. The van der Waals surface area contributed by atoms with Gasteiger partial charge in [-0.3, -0.25) is 4.79 Å². The molecule has 0 aliphatic rings. The number of ether oxygens (including phenoxy) is 1. The van der Waals surface area contributed by atoms with Crippen molar-refractivity contribution in [3.05, 3.63) is 29.8 Å². The zero-order valence-electron chi connectivity index (χ0n) is 12.1. The average molecular weight is 304 g/mol. The predicted octanol–water partition coefficient (Wildman–Crippen LogP) is 2.53. The molecule has 2 atom stereocenters. The van der Waals surface area contributed by atoms with E-state index in [0.29, 0.717) is 5.56 Å². The molecule has 0 fully saturated rings. The Hall–Kier alpha value is -1.76. The van der Waals surface area contributed by atoms with Gasteiger partial charge in [-0.05, 0) is 24.6 Å². The first-order chi connectivity index (χ1) is 9.60. The largest absolute Gasteiger partial charge is 0.573 e. The lowest BCUT2D eigenvalue weighted by molar-refractivity contribution is -0.274. The minimum absolute atomic E-state index is 0.160. The van der Waals surface area contributed by atoms with Gasteiger partial charge in [0.1, 0.15) is 5.75 Å². The maximum absolute atomic E-state index is 12.2. The van der Waals surface area contributed by atoms with Gasteiger partial charge in [0.2, 0.25) is 5.91 Å². The quantitative estimate of drug-likeness (QED) is 0.909. The van der Waals surface area contributed by atoms with Crippen molar-refractivity contribution in [2.24, 2.45) is 11.7 Å². The van der Waals surface area contributed by atoms with Crippen molar-refractivity contribution >= 4 is 5.91 Å². The first-order valence-corrected chi connectivity index (χ1v) is 6.45. The molecule has 0 aliphatic carbocycles. The Morgan fingerprint density at radius 2 is 2.00 bits per heavy atom. The van der Waals surface area contributed by atoms with Crippen molar-refractivity contribution in [2.75, 3.05) is 7.05 Å². The maximum atomic E-state index is 12.2. The van der Waals surface area contributed by atoms with E-state index < -0.39 is 6.36 Å². The van der Waals surface area contributed by atoms with Gasteiger partial charge in [0.05, 0.1) is 5.92 Å². The van der Waals surface area contributed by atoms with Gasteiger partial charge in [-0.15, -0.1) is 13.2 Å². The zero-order valence-corrected chi connectivity index (χ0v) is 12.1. The molecule has 2 unspecified atom stereocenters. The van der Waals surface area contributed by atoms with E-state index in [2.05, 4.69) is 4.74 Å². The van der Waals surface area contributed by atoms with Crippen LogP contribution in [0.15, 0.2) is 24.3 Å². The van der Waals surface area contributed by atoms with E-state index in [-0.39, 0.29) is 30.2 Å². The molecular formula is C14H19F3N2O2. The number of halogens is 3. The monoisotopic (exact) mass is 304 g/mol. The standard InChI is InChI=1S/C14H19F3N2O2/c1-9(10(2)18)13(20)19(3)8-11-5-4-6-12(7-11)21-14(15,16)17/h4-7,9-10H,8,18H2,1-3H3. The molecule has 0 spiro atoms. The Kier molecular flexibility index (Phi) is 5.60. The minimum Gasteiger partial charge on any atom is -0.406 e. The van der Waals surface area contributed by atoms with Crippen LogP contribution >= 0.6 is 0 Å². The Morgan fingerprint density at radius 3 is 2.52 bits per heavy atom. The van der Waals surface area contributed by atoms with E-state index in [1.807, 2.05) is 0 Å². The summed E-state index contributed by atoms with van der Waals surface area (Å²) in [6.45, 7) is 3.63. The third-order valence-electron chi connectivity index (χ3n) is 3.11. The third kappa shape index (κ3) is 5.63. The number of alkyl halides is 3. The van der Waals surface area contributed by atoms with Gasteiger partial charge in [0, 0.05) is 19.6 Å². The van der Waals surface area contributed by atoms with E-state index >= 15 is 0 Å². The maximum Gasteiger partial charge on any atom is 0.573 e. The molecule has 0 heterocycles. The van der Waals surface area contributed by atoms with Crippen LogP contribution in [0.1, 0.15) is 19.4 Å². The molecule has 0 aliphatic heterocycles. The average Bonchev–Trinajstić information content (AvgIpc) is 2.35. The van der Waals surface area contributed by atoms with Crippen molar-refractivity contribution in [1.82, 2.24) is 4.90 Å². The molecule has 21 heavy (non-hydrogen) atoms. The number of benzene rings is 1. The van der Waals surface area contributed by atoms with Gasteiger partial charge in [0.15, 0.2) is 0 Å². The van der Waals surface area contributed by atoms with Gasteiger partial charge in [-0.25, -0.2) is 0 Å². The molecule has 0 aromatic heterocycles. The van der Waals surface area contributed by atoms with E-state index in [1.54, 1.807) is 27.0 Å². The highest BCUT2D eigenvalue weighted by molar-refractivity contribution is 5.78. The van der Waals surface area contributed by atoms with Crippen LogP contribution in [0, 0.1) is 5.92 Å². The number of nitrogens with two attached hydrogens (primary N) is 1. The SMILES string of the molecule is CC(N)C(C)C(=O)N(C)Cc1cccc(OC(F)(F)F)c1. The summed E-state index contributed by atoms with van der Waals surface area (Å²) in [6.07, 6.45) is -4.73. The summed E-state index contributed by atoms with van der Waals surface area (Å²) in [6, 6.07) is 5.25. The van der Waals surface area contributed by atoms with Crippen molar-refractivity contribution in [3.8, 4) is 5.75 Å².